The van der Waals surface area contributed by atoms with Gasteiger partial charge in [0.2, 0.25) is 0 Å². The van der Waals surface area contributed by atoms with Gasteiger partial charge in [0.15, 0.2) is 5.96 Å². The van der Waals surface area contributed by atoms with Crippen molar-refractivity contribution in [2.24, 2.45) is 4.99 Å². The van der Waals surface area contributed by atoms with Gasteiger partial charge in [-0.05, 0) is 19.8 Å². The van der Waals surface area contributed by atoms with E-state index in [1.54, 1.807) is 0 Å². The zero-order valence-electron chi connectivity index (χ0n) is 12.1. The molecule has 0 aromatic rings. The van der Waals surface area contributed by atoms with Crippen LogP contribution in [0, 0.1) is 0 Å². The van der Waals surface area contributed by atoms with Crippen molar-refractivity contribution < 1.29 is 14.2 Å². The van der Waals surface area contributed by atoms with E-state index in [1.165, 1.54) is 0 Å². The van der Waals surface area contributed by atoms with E-state index in [1.807, 2.05) is 0 Å². The highest BCUT2D eigenvalue weighted by Gasteiger charge is 2.16. The smallest absolute Gasteiger partial charge is 0.191 e. The second-order valence-electron chi connectivity index (χ2n) is 4.80. The van der Waals surface area contributed by atoms with Crippen molar-refractivity contribution in [2.45, 2.75) is 32.0 Å². The lowest BCUT2D eigenvalue weighted by atomic mass is 10.2. The first-order valence-corrected chi connectivity index (χ1v) is 7.21. The monoisotopic (exact) mass is 399 g/mol. The van der Waals surface area contributed by atoms with Crippen LogP contribution in [0.5, 0.6) is 0 Å². The van der Waals surface area contributed by atoms with E-state index in [4.69, 9.17) is 14.2 Å². The Kier molecular flexibility index (Phi) is 9.49. The number of aliphatic imine (C=N–C) groups is 1. The molecule has 2 unspecified atom stereocenters. The Bertz CT molecular complexity index is 280. The summed E-state index contributed by atoms with van der Waals surface area (Å²) in [7, 11) is 0. The fraction of sp³-hybridized carbons (Fsp3) is 0.923. The molecule has 0 aromatic heterocycles. The van der Waals surface area contributed by atoms with Crippen molar-refractivity contribution in [3.63, 3.8) is 0 Å². The van der Waals surface area contributed by atoms with Crippen LogP contribution in [0.4, 0.5) is 0 Å². The van der Waals surface area contributed by atoms with Gasteiger partial charge in [-0.15, -0.1) is 24.0 Å². The maximum atomic E-state index is 5.59. The van der Waals surface area contributed by atoms with Gasteiger partial charge in [0, 0.05) is 19.7 Å². The Morgan fingerprint density at radius 1 is 1.15 bits per heavy atom. The van der Waals surface area contributed by atoms with Gasteiger partial charge in [-0.2, -0.15) is 0 Å². The van der Waals surface area contributed by atoms with E-state index in [2.05, 4.69) is 22.5 Å². The van der Waals surface area contributed by atoms with Crippen LogP contribution in [0.1, 0.15) is 19.8 Å². The molecule has 0 radical (unpaired) electrons. The Hall–Kier alpha value is -0.120. The Labute approximate surface area is 138 Å². The van der Waals surface area contributed by atoms with E-state index in [0.29, 0.717) is 32.5 Å². The summed E-state index contributed by atoms with van der Waals surface area (Å²) in [6, 6.07) is 0. The molecule has 2 fully saturated rings. The highest BCUT2D eigenvalue weighted by atomic mass is 127. The summed E-state index contributed by atoms with van der Waals surface area (Å²) in [5, 5.41) is 6.55. The van der Waals surface area contributed by atoms with Crippen LogP contribution in [-0.4, -0.2) is 64.2 Å². The number of ether oxygens (including phenoxy) is 3. The van der Waals surface area contributed by atoms with Gasteiger partial charge in [0.1, 0.15) is 6.10 Å². The third-order valence-electron chi connectivity index (χ3n) is 3.20. The minimum atomic E-state index is 0. The minimum Gasteiger partial charge on any atom is -0.376 e. The Morgan fingerprint density at radius 3 is 2.65 bits per heavy atom. The number of nitrogens with zero attached hydrogens (tertiary/aromatic N) is 1. The van der Waals surface area contributed by atoms with Gasteiger partial charge < -0.3 is 24.8 Å². The van der Waals surface area contributed by atoms with Gasteiger partial charge in [-0.1, -0.05) is 0 Å². The summed E-state index contributed by atoms with van der Waals surface area (Å²) in [5.41, 5.74) is 0. The first-order valence-electron chi connectivity index (χ1n) is 7.21. The summed E-state index contributed by atoms with van der Waals surface area (Å²) >= 11 is 0. The van der Waals surface area contributed by atoms with Crippen molar-refractivity contribution >= 4 is 29.9 Å². The van der Waals surface area contributed by atoms with Crippen LogP contribution in [0.15, 0.2) is 4.99 Å². The van der Waals surface area contributed by atoms with Gasteiger partial charge in [-0.3, -0.25) is 4.99 Å². The van der Waals surface area contributed by atoms with E-state index >= 15 is 0 Å². The molecule has 2 N–H and O–H groups in total. The maximum absolute atomic E-state index is 5.59. The zero-order valence-corrected chi connectivity index (χ0v) is 14.4. The number of hydrogen-bond acceptors (Lipinski definition) is 4. The third kappa shape index (κ3) is 6.55. The number of rotatable bonds is 5. The van der Waals surface area contributed by atoms with E-state index < -0.39 is 0 Å². The Balaban J connectivity index is 0.00000200. The lowest BCUT2D eigenvalue weighted by molar-refractivity contribution is -0.0832. The number of halogens is 1. The maximum Gasteiger partial charge on any atom is 0.191 e. The van der Waals surface area contributed by atoms with Gasteiger partial charge in [0.25, 0.3) is 0 Å². The highest BCUT2D eigenvalue weighted by molar-refractivity contribution is 14.0. The molecular weight excluding hydrogens is 373 g/mol. The number of guanidine groups is 1. The first-order chi connectivity index (χ1) is 9.38. The van der Waals surface area contributed by atoms with Crippen LogP contribution < -0.4 is 10.6 Å². The molecule has 2 rings (SSSR count). The molecule has 2 saturated heterocycles. The van der Waals surface area contributed by atoms with E-state index in [0.717, 1.165) is 38.5 Å². The molecule has 2 heterocycles. The van der Waals surface area contributed by atoms with Crippen molar-refractivity contribution in [3.05, 3.63) is 0 Å². The van der Waals surface area contributed by atoms with Crippen molar-refractivity contribution in [2.75, 3.05) is 46.1 Å². The summed E-state index contributed by atoms with van der Waals surface area (Å²) in [4.78, 5) is 4.53. The standard InChI is InChI=1S/C13H25N3O3.HI/c1-2-14-13(15-8-11-4-3-5-18-11)16-9-12-10-17-6-7-19-12;/h11-12H,2-10H2,1H3,(H2,14,15,16);1H. The second-order valence-corrected chi connectivity index (χ2v) is 4.80. The van der Waals surface area contributed by atoms with Crippen LogP contribution in [0.25, 0.3) is 0 Å². The molecule has 7 heteroatoms. The van der Waals surface area contributed by atoms with Gasteiger partial charge in [-0.25, -0.2) is 0 Å². The number of nitrogens with one attached hydrogen (secondary N) is 2. The SMILES string of the molecule is CCNC(=NCC1COCCO1)NCC1CCCO1.I. The normalized spacial score (nSPS) is 26.9. The topological polar surface area (TPSA) is 64.1 Å². The molecule has 0 aromatic carbocycles. The quantitative estimate of drug-likeness (QED) is 0.406. The molecule has 2 atom stereocenters. The predicted octanol–water partition coefficient (Wildman–Crippen LogP) is 0.754. The van der Waals surface area contributed by atoms with Crippen molar-refractivity contribution in [3.8, 4) is 0 Å². The predicted molar refractivity (Wildman–Crippen MR) is 88.9 cm³/mol. The van der Waals surface area contributed by atoms with E-state index in [9.17, 15) is 0 Å². The summed E-state index contributed by atoms with van der Waals surface area (Å²) < 4.78 is 16.5. The number of hydrogen-bond donors (Lipinski definition) is 2. The molecule has 2 aliphatic rings. The van der Waals surface area contributed by atoms with Crippen molar-refractivity contribution in [1.82, 2.24) is 10.6 Å². The van der Waals surface area contributed by atoms with Gasteiger partial charge >= 0.3 is 0 Å². The molecule has 118 valence electrons. The molecule has 20 heavy (non-hydrogen) atoms. The fourth-order valence-electron chi connectivity index (χ4n) is 2.19. The van der Waals surface area contributed by atoms with E-state index in [-0.39, 0.29) is 30.1 Å². The molecule has 0 aliphatic carbocycles. The minimum absolute atomic E-state index is 0. The highest BCUT2D eigenvalue weighted by Crippen LogP contribution is 2.10. The summed E-state index contributed by atoms with van der Waals surface area (Å²) in [5.74, 6) is 0.826. The summed E-state index contributed by atoms with van der Waals surface area (Å²) in [6.07, 6.45) is 2.68. The van der Waals surface area contributed by atoms with Gasteiger partial charge in [0.05, 0.1) is 32.5 Å². The first kappa shape index (κ1) is 17.9. The van der Waals surface area contributed by atoms with Crippen LogP contribution in [0.3, 0.4) is 0 Å². The second kappa shape index (κ2) is 10.6. The average Bonchev–Trinajstić information content (AvgIpc) is 2.96. The average molecular weight is 399 g/mol. The summed E-state index contributed by atoms with van der Waals surface area (Å²) in [6.45, 7) is 7.22. The molecule has 2 aliphatic heterocycles. The zero-order chi connectivity index (χ0) is 13.3. The van der Waals surface area contributed by atoms with Crippen LogP contribution >= 0.6 is 24.0 Å². The molecule has 6 nitrogen and oxygen atoms in total. The Morgan fingerprint density at radius 2 is 2.00 bits per heavy atom. The largest absolute Gasteiger partial charge is 0.376 e. The lowest BCUT2D eigenvalue weighted by Gasteiger charge is -2.22. The van der Waals surface area contributed by atoms with Crippen molar-refractivity contribution in [1.29, 1.82) is 0 Å². The van der Waals surface area contributed by atoms with Crippen LogP contribution in [0.2, 0.25) is 0 Å². The fourth-order valence-corrected chi connectivity index (χ4v) is 2.19. The lowest BCUT2D eigenvalue weighted by Crippen LogP contribution is -2.42. The molecule has 0 spiro atoms. The van der Waals surface area contributed by atoms with Crippen LogP contribution in [-0.2, 0) is 14.2 Å². The molecular formula is C13H26IN3O3. The molecule has 0 saturated carbocycles. The molecule has 0 bridgehead atoms. The molecule has 0 amide bonds. The third-order valence-corrected chi connectivity index (χ3v) is 3.20.